The summed E-state index contributed by atoms with van der Waals surface area (Å²) >= 11 is 6.08. The van der Waals surface area contributed by atoms with Crippen LogP contribution in [0, 0.1) is 0 Å². The van der Waals surface area contributed by atoms with E-state index in [1.165, 1.54) is 16.4 Å². The molecule has 0 saturated carbocycles. The number of halogens is 1. The van der Waals surface area contributed by atoms with E-state index in [-0.39, 0.29) is 29.4 Å². The first-order valence-corrected chi connectivity index (χ1v) is 10.9. The number of ether oxygens (including phenoxy) is 1. The second-order valence-corrected chi connectivity index (χ2v) is 9.27. The molecule has 28 heavy (non-hydrogen) atoms. The lowest BCUT2D eigenvalue weighted by atomic mass is 10.1. The highest BCUT2D eigenvalue weighted by Crippen LogP contribution is 2.23. The van der Waals surface area contributed by atoms with Crippen LogP contribution in [0.1, 0.15) is 19.4 Å². The lowest BCUT2D eigenvalue weighted by Crippen LogP contribution is -2.48. The largest absolute Gasteiger partial charge is 0.373 e. The molecule has 2 aromatic rings. The average Bonchev–Trinajstić information content (AvgIpc) is 2.63. The fourth-order valence-corrected chi connectivity index (χ4v) is 5.00. The van der Waals surface area contributed by atoms with Crippen LogP contribution in [0.3, 0.4) is 0 Å². The summed E-state index contributed by atoms with van der Waals surface area (Å²) in [7, 11) is -3.60. The van der Waals surface area contributed by atoms with Gasteiger partial charge in [0.2, 0.25) is 15.9 Å². The number of carbonyl (C=O) groups is 1. The van der Waals surface area contributed by atoms with E-state index in [1.54, 1.807) is 30.3 Å². The molecular weight excluding hydrogens is 400 g/mol. The van der Waals surface area contributed by atoms with Crippen molar-refractivity contribution < 1.29 is 17.9 Å². The molecule has 6 nitrogen and oxygen atoms in total. The van der Waals surface area contributed by atoms with Crippen molar-refractivity contribution in [2.24, 2.45) is 0 Å². The lowest BCUT2D eigenvalue weighted by Gasteiger charge is -2.34. The second-order valence-electron chi connectivity index (χ2n) is 6.92. The molecule has 0 bridgehead atoms. The maximum absolute atomic E-state index is 12.9. The zero-order valence-corrected chi connectivity index (χ0v) is 17.3. The summed E-state index contributed by atoms with van der Waals surface area (Å²) < 4.78 is 32.8. The molecule has 0 spiro atoms. The van der Waals surface area contributed by atoms with Gasteiger partial charge in [0.05, 0.1) is 23.5 Å². The number of anilines is 1. The first kappa shape index (κ1) is 20.8. The van der Waals surface area contributed by atoms with Gasteiger partial charge < -0.3 is 10.1 Å². The number of sulfonamides is 1. The van der Waals surface area contributed by atoms with Gasteiger partial charge in [-0.3, -0.25) is 4.79 Å². The number of hydrogen-bond donors (Lipinski definition) is 1. The quantitative estimate of drug-likeness (QED) is 0.801. The van der Waals surface area contributed by atoms with Crippen molar-refractivity contribution in [1.29, 1.82) is 0 Å². The van der Waals surface area contributed by atoms with Crippen LogP contribution in [-0.2, 0) is 26.0 Å². The molecule has 1 fully saturated rings. The summed E-state index contributed by atoms with van der Waals surface area (Å²) in [4.78, 5) is 12.4. The van der Waals surface area contributed by atoms with Crippen molar-refractivity contribution in [3.63, 3.8) is 0 Å². The summed E-state index contributed by atoms with van der Waals surface area (Å²) in [6.45, 7) is 4.36. The molecule has 1 N–H and O–H groups in total. The normalized spacial score (nSPS) is 20.7. The fourth-order valence-electron chi connectivity index (χ4n) is 3.21. The molecule has 0 aliphatic carbocycles. The molecular formula is C20H23ClN2O4S. The van der Waals surface area contributed by atoms with Gasteiger partial charge in [-0.2, -0.15) is 4.31 Å². The molecule has 8 heteroatoms. The van der Waals surface area contributed by atoms with E-state index in [2.05, 4.69) is 5.32 Å². The molecule has 150 valence electrons. The number of nitrogens with one attached hydrogen (secondary N) is 1. The Morgan fingerprint density at radius 3 is 2.32 bits per heavy atom. The molecule has 0 radical (unpaired) electrons. The minimum Gasteiger partial charge on any atom is -0.373 e. The molecule has 2 aromatic carbocycles. The Bertz CT molecular complexity index is 937. The molecule has 2 atom stereocenters. The van der Waals surface area contributed by atoms with Crippen molar-refractivity contribution in [2.45, 2.75) is 37.4 Å². The number of hydrogen-bond acceptors (Lipinski definition) is 4. The van der Waals surface area contributed by atoms with Crippen LogP contribution in [0.25, 0.3) is 0 Å². The van der Waals surface area contributed by atoms with Crippen LogP contribution in [-0.4, -0.2) is 43.9 Å². The van der Waals surface area contributed by atoms with Crippen LogP contribution in [0.5, 0.6) is 0 Å². The summed E-state index contributed by atoms with van der Waals surface area (Å²) in [5, 5.41) is 3.30. The molecule has 0 aromatic heterocycles. The van der Waals surface area contributed by atoms with E-state index in [1.807, 2.05) is 19.9 Å². The minimum atomic E-state index is -3.60. The Labute approximate surface area is 170 Å². The third kappa shape index (κ3) is 4.91. The highest BCUT2D eigenvalue weighted by molar-refractivity contribution is 7.89. The van der Waals surface area contributed by atoms with Gasteiger partial charge in [0.1, 0.15) is 0 Å². The number of rotatable bonds is 5. The number of carbonyl (C=O) groups excluding carboxylic acids is 1. The molecule has 2 unspecified atom stereocenters. The predicted molar refractivity (Wildman–Crippen MR) is 109 cm³/mol. The van der Waals surface area contributed by atoms with Crippen LogP contribution >= 0.6 is 11.6 Å². The monoisotopic (exact) mass is 422 g/mol. The third-order valence-electron chi connectivity index (χ3n) is 4.47. The molecule has 1 saturated heterocycles. The molecule has 1 aliphatic heterocycles. The molecule has 1 aliphatic rings. The van der Waals surface area contributed by atoms with Crippen LogP contribution in [0.4, 0.5) is 5.69 Å². The Hall–Kier alpha value is -1.93. The smallest absolute Gasteiger partial charge is 0.243 e. The van der Waals surface area contributed by atoms with E-state index in [0.29, 0.717) is 23.8 Å². The average molecular weight is 423 g/mol. The van der Waals surface area contributed by atoms with Crippen molar-refractivity contribution in [2.75, 3.05) is 18.4 Å². The number of morpholine rings is 1. The SMILES string of the molecule is CC1CN(S(=O)(=O)c2ccc(NC(=O)Cc3ccccc3Cl)cc2)CC(C)O1. The van der Waals surface area contributed by atoms with Gasteiger partial charge in [0, 0.05) is 23.8 Å². The van der Waals surface area contributed by atoms with Crippen molar-refractivity contribution >= 4 is 33.2 Å². The summed E-state index contributed by atoms with van der Waals surface area (Å²) in [5.74, 6) is -0.223. The number of amides is 1. The van der Waals surface area contributed by atoms with Crippen molar-refractivity contribution in [1.82, 2.24) is 4.31 Å². The van der Waals surface area contributed by atoms with E-state index < -0.39 is 10.0 Å². The Kier molecular flexibility index (Phi) is 6.40. The van der Waals surface area contributed by atoms with Crippen molar-refractivity contribution in [3.05, 3.63) is 59.1 Å². The van der Waals surface area contributed by atoms with Gasteiger partial charge in [-0.25, -0.2) is 8.42 Å². The summed E-state index contributed by atoms with van der Waals surface area (Å²) in [5.41, 5.74) is 1.26. The fraction of sp³-hybridized carbons (Fsp3) is 0.350. The first-order chi connectivity index (χ1) is 13.3. The number of nitrogens with zero attached hydrogens (tertiary/aromatic N) is 1. The lowest BCUT2D eigenvalue weighted by molar-refractivity contribution is -0.115. The molecule has 1 heterocycles. The van der Waals surface area contributed by atoms with E-state index >= 15 is 0 Å². The van der Waals surface area contributed by atoms with Gasteiger partial charge >= 0.3 is 0 Å². The molecule has 1 amide bonds. The minimum absolute atomic E-state index is 0.142. The third-order valence-corrected chi connectivity index (χ3v) is 6.69. The topological polar surface area (TPSA) is 75.7 Å². The zero-order valence-electron chi connectivity index (χ0n) is 15.8. The van der Waals surface area contributed by atoms with Gasteiger partial charge in [-0.05, 0) is 49.7 Å². The second kappa shape index (κ2) is 8.61. The number of benzene rings is 2. The van der Waals surface area contributed by atoms with Gasteiger partial charge in [-0.1, -0.05) is 29.8 Å². The van der Waals surface area contributed by atoms with Gasteiger partial charge in [0.15, 0.2) is 0 Å². The van der Waals surface area contributed by atoms with E-state index in [0.717, 1.165) is 5.56 Å². The molecule has 3 rings (SSSR count). The van der Waals surface area contributed by atoms with Crippen LogP contribution < -0.4 is 5.32 Å². The highest BCUT2D eigenvalue weighted by Gasteiger charge is 2.32. The highest BCUT2D eigenvalue weighted by atomic mass is 35.5. The van der Waals surface area contributed by atoms with E-state index in [4.69, 9.17) is 16.3 Å². The van der Waals surface area contributed by atoms with E-state index in [9.17, 15) is 13.2 Å². The van der Waals surface area contributed by atoms with Crippen LogP contribution in [0.2, 0.25) is 5.02 Å². The van der Waals surface area contributed by atoms with Crippen molar-refractivity contribution in [3.8, 4) is 0 Å². The zero-order chi connectivity index (χ0) is 20.3. The first-order valence-electron chi connectivity index (χ1n) is 9.04. The Balaban J connectivity index is 1.67. The van der Waals surface area contributed by atoms with Gasteiger partial charge in [0.25, 0.3) is 0 Å². The van der Waals surface area contributed by atoms with Crippen LogP contribution in [0.15, 0.2) is 53.4 Å². The summed E-state index contributed by atoms with van der Waals surface area (Å²) in [6, 6.07) is 13.3. The Morgan fingerprint density at radius 2 is 1.71 bits per heavy atom. The Morgan fingerprint density at radius 1 is 1.11 bits per heavy atom. The maximum atomic E-state index is 12.9. The standard InChI is InChI=1S/C20H23ClN2O4S/c1-14-12-23(13-15(2)27-14)28(25,26)18-9-7-17(8-10-18)22-20(24)11-16-5-3-4-6-19(16)21/h3-10,14-15H,11-13H2,1-2H3,(H,22,24). The van der Waals surface area contributed by atoms with Gasteiger partial charge in [-0.15, -0.1) is 0 Å². The summed E-state index contributed by atoms with van der Waals surface area (Å²) in [6.07, 6.45) is -0.160. The maximum Gasteiger partial charge on any atom is 0.243 e. The predicted octanol–water partition coefficient (Wildman–Crippen LogP) is 3.32.